The van der Waals surface area contributed by atoms with E-state index in [4.69, 9.17) is 0 Å². The van der Waals surface area contributed by atoms with Gasteiger partial charge in [-0.1, -0.05) is 18.2 Å². The molecule has 1 saturated carbocycles. The number of benzene rings is 1. The molecule has 1 aliphatic carbocycles. The number of nitrogens with zero attached hydrogens (tertiary/aromatic N) is 3. The van der Waals surface area contributed by atoms with Gasteiger partial charge in [-0.15, -0.1) is 11.3 Å². The Morgan fingerprint density at radius 3 is 2.59 bits per heavy atom. The third-order valence-electron chi connectivity index (χ3n) is 4.96. The van der Waals surface area contributed by atoms with Crippen LogP contribution >= 0.6 is 11.3 Å². The van der Waals surface area contributed by atoms with Crippen LogP contribution in [0.5, 0.6) is 0 Å². The van der Waals surface area contributed by atoms with E-state index in [1.165, 1.54) is 23.5 Å². The Bertz CT molecular complexity index is 960. The van der Waals surface area contributed by atoms with Crippen LogP contribution < -0.4 is 0 Å². The molecule has 0 saturated heterocycles. The molecule has 0 spiro atoms. The average molecular weight is 419 g/mol. The molecule has 0 bridgehead atoms. The zero-order chi connectivity index (χ0) is 20.4. The van der Waals surface area contributed by atoms with Gasteiger partial charge in [0, 0.05) is 25.5 Å². The Balaban J connectivity index is 1.49. The Kier molecular flexibility index (Phi) is 5.45. The summed E-state index contributed by atoms with van der Waals surface area (Å²) >= 11 is 1.42. The monoisotopic (exact) mass is 419 g/mol. The van der Waals surface area contributed by atoms with Crippen molar-refractivity contribution in [3.8, 4) is 0 Å². The number of carbonyl (C=O) groups is 1. The largest absolute Gasteiger partial charge is 0.416 e. The summed E-state index contributed by atoms with van der Waals surface area (Å²) in [4.78, 5) is 19.8. The van der Waals surface area contributed by atoms with E-state index in [9.17, 15) is 18.0 Å². The van der Waals surface area contributed by atoms with Gasteiger partial charge in [0.05, 0.1) is 17.0 Å². The molecule has 3 aromatic rings. The SMILES string of the molecule is O=C(c1cccs1)N(Cc1nccn1Cc1ccc(C(F)(F)F)cc1)CC1CC1. The molecule has 4 nitrogen and oxygen atoms in total. The van der Waals surface area contributed by atoms with Crippen LogP contribution in [0.1, 0.15) is 39.5 Å². The zero-order valence-electron chi connectivity index (χ0n) is 15.6. The molecular formula is C21H20F3N3OS. The van der Waals surface area contributed by atoms with Gasteiger partial charge in [0.2, 0.25) is 0 Å². The third-order valence-corrected chi connectivity index (χ3v) is 5.82. The second-order valence-corrected chi connectivity index (χ2v) is 8.22. The minimum atomic E-state index is -4.34. The Labute approximate surface area is 170 Å². The number of amides is 1. The van der Waals surface area contributed by atoms with E-state index >= 15 is 0 Å². The summed E-state index contributed by atoms with van der Waals surface area (Å²) < 4.78 is 40.1. The van der Waals surface area contributed by atoms with Crippen molar-refractivity contribution in [1.82, 2.24) is 14.5 Å². The lowest BCUT2D eigenvalue weighted by molar-refractivity contribution is -0.137. The third kappa shape index (κ3) is 4.87. The van der Waals surface area contributed by atoms with E-state index in [0.717, 1.165) is 36.4 Å². The predicted molar refractivity (Wildman–Crippen MR) is 105 cm³/mol. The summed E-state index contributed by atoms with van der Waals surface area (Å²) in [6, 6.07) is 8.81. The molecule has 0 radical (unpaired) electrons. The van der Waals surface area contributed by atoms with Crippen LogP contribution in [0, 0.1) is 5.92 Å². The van der Waals surface area contributed by atoms with Crippen molar-refractivity contribution in [1.29, 1.82) is 0 Å². The molecule has 1 amide bonds. The highest BCUT2D eigenvalue weighted by molar-refractivity contribution is 7.12. The molecular weight excluding hydrogens is 399 g/mol. The quantitative estimate of drug-likeness (QED) is 0.537. The normalized spacial score (nSPS) is 14.2. The van der Waals surface area contributed by atoms with Crippen molar-refractivity contribution in [2.24, 2.45) is 5.92 Å². The van der Waals surface area contributed by atoms with Gasteiger partial charge >= 0.3 is 6.18 Å². The number of rotatable bonds is 7. The highest BCUT2D eigenvalue weighted by Gasteiger charge is 2.30. The van der Waals surface area contributed by atoms with E-state index in [1.54, 1.807) is 12.4 Å². The maximum atomic E-state index is 12.9. The fraction of sp³-hybridized carbons (Fsp3) is 0.333. The van der Waals surface area contributed by atoms with E-state index in [-0.39, 0.29) is 5.91 Å². The summed E-state index contributed by atoms with van der Waals surface area (Å²) in [5.41, 5.74) is 0.0832. The highest BCUT2D eigenvalue weighted by Crippen LogP contribution is 2.31. The van der Waals surface area contributed by atoms with Crippen molar-refractivity contribution >= 4 is 17.2 Å². The first-order valence-electron chi connectivity index (χ1n) is 9.39. The number of aromatic nitrogens is 2. The van der Waals surface area contributed by atoms with Crippen LogP contribution in [0.25, 0.3) is 0 Å². The Morgan fingerprint density at radius 1 is 1.21 bits per heavy atom. The maximum Gasteiger partial charge on any atom is 0.416 e. The fourth-order valence-electron chi connectivity index (χ4n) is 3.19. The predicted octanol–water partition coefficient (Wildman–Crippen LogP) is 5.06. The van der Waals surface area contributed by atoms with Crippen LogP contribution in [0.15, 0.2) is 54.2 Å². The average Bonchev–Trinajstić information content (AvgIpc) is 3.15. The maximum absolute atomic E-state index is 12.9. The van der Waals surface area contributed by atoms with E-state index in [1.807, 2.05) is 27.0 Å². The fourth-order valence-corrected chi connectivity index (χ4v) is 3.88. The molecule has 0 unspecified atom stereocenters. The topological polar surface area (TPSA) is 38.1 Å². The van der Waals surface area contributed by atoms with Gasteiger partial charge in [-0.25, -0.2) is 4.98 Å². The molecule has 152 valence electrons. The molecule has 2 heterocycles. The van der Waals surface area contributed by atoms with Crippen LogP contribution in [0.2, 0.25) is 0 Å². The second-order valence-electron chi connectivity index (χ2n) is 7.27. The van der Waals surface area contributed by atoms with Gasteiger partial charge in [-0.05, 0) is 47.9 Å². The first-order chi connectivity index (χ1) is 13.9. The molecule has 1 fully saturated rings. The van der Waals surface area contributed by atoms with Crippen LogP contribution in [-0.4, -0.2) is 26.9 Å². The lowest BCUT2D eigenvalue weighted by atomic mass is 10.1. The summed E-state index contributed by atoms with van der Waals surface area (Å²) in [7, 11) is 0. The smallest absolute Gasteiger partial charge is 0.330 e. The summed E-state index contributed by atoms with van der Waals surface area (Å²) in [6.45, 7) is 1.47. The van der Waals surface area contributed by atoms with Gasteiger partial charge in [-0.2, -0.15) is 13.2 Å². The summed E-state index contributed by atoms with van der Waals surface area (Å²) in [5.74, 6) is 1.25. The van der Waals surface area contributed by atoms with Crippen molar-refractivity contribution in [2.45, 2.75) is 32.1 Å². The highest BCUT2D eigenvalue weighted by atomic mass is 32.1. The number of thiophene rings is 1. The lowest BCUT2D eigenvalue weighted by Gasteiger charge is -2.22. The molecule has 1 aromatic carbocycles. The van der Waals surface area contributed by atoms with Crippen molar-refractivity contribution in [3.05, 3.63) is 76.0 Å². The van der Waals surface area contributed by atoms with Gasteiger partial charge in [0.15, 0.2) is 0 Å². The van der Waals surface area contributed by atoms with E-state index in [0.29, 0.717) is 30.4 Å². The molecule has 2 aromatic heterocycles. The summed E-state index contributed by atoms with van der Waals surface area (Å²) in [6.07, 6.45) is 1.37. The number of carbonyl (C=O) groups excluding carboxylic acids is 1. The van der Waals surface area contributed by atoms with Gasteiger partial charge < -0.3 is 9.47 Å². The number of imidazole rings is 1. The second kappa shape index (κ2) is 8.02. The molecule has 0 atom stereocenters. The van der Waals surface area contributed by atoms with Gasteiger partial charge in [-0.3, -0.25) is 4.79 Å². The molecule has 0 aliphatic heterocycles. The van der Waals surface area contributed by atoms with Crippen LogP contribution in [-0.2, 0) is 19.3 Å². The number of hydrogen-bond acceptors (Lipinski definition) is 3. The van der Waals surface area contributed by atoms with Gasteiger partial charge in [0.1, 0.15) is 5.82 Å². The van der Waals surface area contributed by atoms with Crippen molar-refractivity contribution < 1.29 is 18.0 Å². The molecule has 0 N–H and O–H groups in total. The van der Waals surface area contributed by atoms with Crippen molar-refractivity contribution in [3.63, 3.8) is 0 Å². The minimum absolute atomic E-state index is 0.00372. The molecule has 1 aliphatic rings. The first-order valence-corrected chi connectivity index (χ1v) is 10.3. The first kappa shape index (κ1) is 19.7. The number of halogens is 3. The minimum Gasteiger partial charge on any atom is -0.330 e. The standard InChI is InChI=1S/C21H20F3N3OS/c22-21(23,24)17-7-5-16(6-8-17)12-26-10-9-25-19(26)14-27(13-15-3-4-15)20(28)18-2-1-11-29-18/h1-2,5-11,15H,3-4,12-14H2. The Morgan fingerprint density at radius 2 is 1.97 bits per heavy atom. The summed E-state index contributed by atoms with van der Waals surface area (Å²) in [5, 5.41) is 1.88. The van der Waals surface area contributed by atoms with Crippen molar-refractivity contribution in [2.75, 3.05) is 6.54 Å². The number of hydrogen-bond donors (Lipinski definition) is 0. The van der Waals surface area contributed by atoms with Crippen LogP contribution in [0.4, 0.5) is 13.2 Å². The zero-order valence-corrected chi connectivity index (χ0v) is 16.4. The molecule has 8 heteroatoms. The van der Waals surface area contributed by atoms with E-state index < -0.39 is 11.7 Å². The van der Waals surface area contributed by atoms with Crippen LogP contribution in [0.3, 0.4) is 0 Å². The molecule has 29 heavy (non-hydrogen) atoms. The van der Waals surface area contributed by atoms with Gasteiger partial charge in [0.25, 0.3) is 5.91 Å². The number of alkyl halides is 3. The lowest BCUT2D eigenvalue weighted by Crippen LogP contribution is -2.33. The Hall–Kier alpha value is -2.61. The van der Waals surface area contributed by atoms with E-state index in [2.05, 4.69) is 4.98 Å². The molecule has 4 rings (SSSR count).